The number of aromatic hydroxyl groups is 1. The zero-order valence-electron chi connectivity index (χ0n) is 18.0. The minimum Gasteiger partial charge on any atom is -0.507 e. The van der Waals surface area contributed by atoms with Gasteiger partial charge >= 0.3 is 0 Å². The Bertz CT molecular complexity index is 1010. The van der Waals surface area contributed by atoms with E-state index in [0.29, 0.717) is 17.7 Å². The van der Waals surface area contributed by atoms with Gasteiger partial charge in [-0.25, -0.2) is 0 Å². The van der Waals surface area contributed by atoms with Crippen molar-refractivity contribution in [1.29, 1.82) is 0 Å². The van der Waals surface area contributed by atoms with E-state index in [9.17, 15) is 5.11 Å². The van der Waals surface area contributed by atoms with Gasteiger partial charge < -0.3 is 15.2 Å². The monoisotopic (exact) mass is 413 g/mol. The highest BCUT2D eigenvalue weighted by molar-refractivity contribution is 5.72. The van der Waals surface area contributed by atoms with E-state index < -0.39 is 0 Å². The van der Waals surface area contributed by atoms with Gasteiger partial charge in [0.25, 0.3) is 0 Å². The van der Waals surface area contributed by atoms with Gasteiger partial charge in [-0.3, -0.25) is 0 Å². The lowest BCUT2D eigenvalue weighted by atomic mass is 9.77. The molecule has 2 aliphatic rings. The number of ether oxygens (including phenoxy) is 1. The lowest BCUT2D eigenvalue weighted by molar-refractivity contribution is 0.292. The van der Waals surface area contributed by atoms with Crippen LogP contribution < -0.4 is 10.1 Å². The Kier molecular flexibility index (Phi) is 5.95. The Balaban J connectivity index is 1.34. The Hall–Kier alpha value is -2.78. The molecule has 1 saturated heterocycles. The smallest absolute Gasteiger partial charge is 0.123 e. The van der Waals surface area contributed by atoms with Crippen LogP contribution in [0.1, 0.15) is 54.7 Å². The van der Waals surface area contributed by atoms with Crippen LogP contribution in [-0.2, 0) is 6.42 Å². The van der Waals surface area contributed by atoms with Gasteiger partial charge in [-0.1, -0.05) is 42.5 Å². The molecule has 0 saturated carbocycles. The van der Waals surface area contributed by atoms with Crippen molar-refractivity contribution >= 4 is 0 Å². The summed E-state index contributed by atoms with van der Waals surface area (Å²) in [5.74, 6) is 1.70. The van der Waals surface area contributed by atoms with Gasteiger partial charge in [0, 0.05) is 17.5 Å². The van der Waals surface area contributed by atoms with Crippen LogP contribution in [0.3, 0.4) is 0 Å². The second-order valence-electron chi connectivity index (χ2n) is 8.88. The number of rotatable bonds is 6. The molecule has 3 heteroatoms. The fraction of sp³-hybridized carbons (Fsp3) is 0.357. The molecule has 3 aromatic carbocycles. The van der Waals surface area contributed by atoms with Crippen molar-refractivity contribution in [3.05, 3.63) is 83.4 Å². The highest BCUT2D eigenvalue weighted by Gasteiger charge is 2.24. The zero-order valence-corrected chi connectivity index (χ0v) is 18.0. The van der Waals surface area contributed by atoms with Gasteiger partial charge in [-0.15, -0.1) is 0 Å². The number of benzene rings is 3. The molecule has 1 aliphatic heterocycles. The van der Waals surface area contributed by atoms with E-state index in [4.69, 9.17) is 4.74 Å². The molecule has 0 spiro atoms. The molecule has 3 aromatic rings. The van der Waals surface area contributed by atoms with E-state index in [2.05, 4.69) is 47.8 Å². The second kappa shape index (κ2) is 9.15. The zero-order chi connectivity index (χ0) is 21.0. The summed E-state index contributed by atoms with van der Waals surface area (Å²) in [6, 6.07) is 23.7. The number of phenolic OH excluding ortho intramolecular Hbond substituents is 1. The third-order valence-electron chi connectivity index (χ3n) is 6.84. The number of hydrogen-bond acceptors (Lipinski definition) is 3. The Labute approximate surface area is 185 Å². The van der Waals surface area contributed by atoms with Crippen molar-refractivity contribution in [1.82, 2.24) is 5.32 Å². The van der Waals surface area contributed by atoms with Gasteiger partial charge in [-0.2, -0.15) is 0 Å². The molecular formula is C28H31NO2. The summed E-state index contributed by atoms with van der Waals surface area (Å²) in [6.07, 6.45) is 6.94. The normalized spacial score (nSPS) is 20.4. The predicted molar refractivity (Wildman–Crippen MR) is 126 cm³/mol. The van der Waals surface area contributed by atoms with Crippen molar-refractivity contribution < 1.29 is 9.84 Å². The molecule has 2 N–H and O–H groups in total. The fourth-order valence-corrected chi connectivity index (χ4v) is 5.15. The van der Waals surface area contributed by atoms with E-state index >= 15 is 0 Å². The van der Waals surface area contributed by atoms with Crippen LogP contribution in [0.2, 0.25) is 0 Å². The Morgan fingerprint density at radius 1 is 0.935 bits per heavy atom. The number of aryl methyl sites for hydroxylation is 1. The summed E-state index contributed by atoms with van der Waals surface area (Å²) >= 11 is 0. The van der Waals surface area contributed by atoms with E-state index in [1.54, 1.807) is 0 Å². The number of nitrogens with one attached hydrogen (secondary N) is 1. The molecule has 0 bridgehead atoms. The van der Waals surface area contributed by atoms with Gasteiger partial charge in [0.15, 0.2) is 0 Å². The van der Waals surface area contributed by atoms with E-state index in [0.717, 1.165) is 55.7 Å². The molecule has 2 unspecified atom stereocenters. The summed E-state index contributed by atoms with van der Waals surface area (Å²) in [5, 5.41) is 14.2. The van der Waals surface area contributed by atoms with Crippen LogP contribution in [-0.4, -0.2) is 24.3 Å². The van der Waals surface area contributed by atoms with Crippen LogP contribution in [0, 0.1) is 0 Å². The highest BCUT2D eigenvalue weighted by Crippen LogP contribution is 2.42. The topological polar surface area (TPSA) is 41.5 Å². The second-order valence-corrected chi connectivity index (χ2v) is 8.88. The van der Waals surface area contributed by atoms with Gasteiger partial charge in [0.1, 0.15) is 11.5 Å². The molecular weight excluding hydrogens is 382 g/mol. The molecule has 31 heavy (non-hydrogen) atoms. The molecule has 3 nitrogen and oxygen atoms in total. The van der Waals surface area contributed by atoms with E-state index in [1.807, 2.05) is 24.3 Å². The maximum absolute atomic E-state index is 10.7. The molecule has 0 radical (unpaired) electrons. The fourth-order valence-electron chi connectivity index (χ4n) is 5.15. The first-order valence-corrected chi connectivity index (χ1v) is 11.7. The van der Waals surface area contributed by atoms with Crippen molar-refractivity contribution in [2.24, 2.45) is 0 Å². The summed E-state index contributed by atoms with van der Waals surface area (Å²) < 4.78 is 6.00. The Morgan fingerprint density at radius 3 is 2.55 bits per heavy atom. The first-order chi connectivity index (χ1) is 15.3. The number of fused-ring (bicyclic) bond motifs is 1. The maximum atomic E-state index is 10.7. The summed E-state index contributed by atoms with van der Waals surface area (Å²) in [5.41, 5.74) is 5.94. The molecule has 0 amide bonds. The van der Waals surface area contributed by atoms with Crippen molar-refractivity contribution in [3.8, 4) is 22.6 Å². The molecule has 2 atom stereocenters. The van der Waals surface area contributed by atoms with Crippen molar-refractivity contribution in [3.63, 3.8) is 0 Å². The Morgan fingerprint density at radius 2 is 1.77 bits per heavy atom. The minimum atomic E-state index is 0.364. The van der Waals surface area contributed by atoms with Crippen LogP contribution in [0.5, 0.6) is 11.5 Å². The molecule has 5 rings (SSSR count). The van der Waals surface area contributed by atoms with Crippen LogP contribution >= 0.6 is 0 Å². The largest absolute Gasteiger partial charge is 0.507 e. The number of phenols is 1. The van der Waals surface area contributed by atoms with Crippen molar-refractivity contribution in [2.45, 2.75) is 50.5 Å². The van der Waals surface area contributed by atoms with Crippen molar-refractivity contribution in [2.75, 3.05) is 13.2 Å². The van der Waals surface area contributed by atoms with E-state index in [1.165, 1.54) is 29.5 Å². The lowest BCUT2D eigenvalue weighted by Crippen LogP contribution is -2.23. The first-order valence-electron chi connectivity index (χ1n) is 11.7. The number of hydrogen-bond donors (Lipinski definition) is 2. The van der Waals surface area contributed by atoms with Crippen LogP contribution in [0.15, 0.2) is 66.7 Å². The quantitative estimate of drug-likeness (QED) is 0.517. The van der Waals surface area contributed by atoms with Gasteiger partial charge in [-0.05, 0) is 91.6 Å². The first kappa shape index (κ1) is 20.1. The SMILES string of the molecule is Oc1cc2c(cc1-c1ccccc1)C(c1ccc(OCCC3CCCN3)cc1)CCC2. The third-order valence-corrected chi connectivity index (χ3v) is 6.84. The lowest BCUT2D eigenvalue weighted by Gasteiger charge is -2.27. The average molecular weight is 414 g/mol. The molecule has 160 valence electrons. The molecule has 1 fully saturated rings. The predicted octanol–water partition coefficient (Wildman–Crippen LogP) is 6.05. The van der Waals surface area contributed by atoms with Crippen LogP contribution in [0.4, 0.5) is 0 Å². The molecule has 1 heterocycles. The molecule has 0 aromatic heterocycles. The summed E-state index contributed by atoms with van der Waals surface area (Å²) in [4.78, 5) is 0. The standard InChI is InChI=1S/C28H31NO2/c30-28-18-22-8-4-10-25(26(22)19-27(28)20-6-2-1-3-7-20)21-11-13-24(14-12-21)31-17-15-23-9-5-16-29-23/h1-3,6-7,11-14,18-19,23,25,29-30H,4-5,8-10,15-17H2. The summed E-state index contributed by atoms with van der Waals surface area (Å²) in [7, 11) is 0. The van der Waals surface area contributed by atoms with Gasteiger partial charge in [0.05, 0.1) is 6.61 Å². The van der Waals surface area contributed by atoms with Gasteiger partial charge in [0.2, 0.25) is 0 Å². The maximum Gasteiger partial charge on any atom is 0.123 e. The molecule has 1 aliphatic carbocycles. The van der Waals surface area contributed by atoms with E-state index in [-0.39, 0.29) is 0 Å². The minimum absolute atomic E-state index is 0.364. The average Bonchev–Trinajstić information content (AvgIpc) is 3.33. The van der Waals surface area contributed by atoms with Crippen LogP contribution in [0.25, 0.3) is 11.1 Å². The highest BCUT2D eigenvalue weighted by atomic mass is 16.5. The third kappa shape index (κ3) is 4.47. The summed E-state index contributed by atoms with van der Waals surface area (Å²) in [6.45, 7) is 1.91.